The molecule has 6 heteroatoms. The lowest BCUT2D eigenvalue weighted by Crippen LogP contribution is -2.51. The minimum Gasteiger partial charge on any atom is -0.481 e. The molecule has 0 aromatic rings. The number of carbonyl (C=O) groups is 2. The van der Waals surface area contributed by atoms with Gasteiger partial charge in [-0.05, 0) is 32.6 Å². The molecule has 1 heterocycles. The fraction of sp³-hybridized carbons (Fsp3) is 0.867. The highest BCUT2D eigenvalue weighted by molar-refractivity contribution is 5.77. The zero-order valence-electron chi connectivity index (χ0n) is 12.6. The number of nitrogens with one attached hydrogen (secondary N) is 2. The summed E-state index contributed by atoms with van der Waals surface area (Å²) in [6.45, 7) is 2.68. The van der Waals surface area contributed by atoms with Crippen molar-refractivity contribution < 1.29 is 19.4 Å². The summed E-state index contributed by atoms with van der Waals surface area (Å²) >= 11 is 0. The summed E-state index contributed by atoms with van der Waals surface area (Å²) in [7, 11) is 0. The molecule has 1 saturated heterocycles. The number of carbonyl (C=O) groups excluding carboxylic acids is 1. The van der Waals surface area contributed by atoms with Gasteiger partial charge < -0.3 is 20.5 Å². The van der Waals surface area contributed by atoms with Gasteiger partial charge in [-0.15, -0.1) is 0 Å². The Bertz CT molecular complexity index is 369. The summed E-state index contributed by atoms with van der Waals surface area (Å²) in [5.74, 6) is -1.29. The van der Waals surface area contributed by atoms with Gasteiger partial charge in [0.1, 0.15) is 0 Å². The average molecular weight is 298 g/mol. The second-order valence-electron chi connectivity index (χ2n) is 6.15. The number of carboxylic acid groups (broad SMARTS) is 1. The van der Waals surface area contributed by atoms with Crippen LogP contribution in [0.4, 0.5) is 4.79 Å². The van der Waals surface area contributed by atoms with Gasteiger partial charge >= 0.3 is 12.0 Å². The first-order valence-electron chi connectivity index (χ1n) is 7.99. The maximum atomic E-state index is 12.1. The van der Waals surface area contributed by atoms with Gasteiger partial charge in [-0.3, -0.25) is 4.79 Å². The fourth-order valence-corrected chi connectivity index (χ4v) is 3.28. The smallest absolute Gasteiger partial charge is 0.315 e. The molecule has 6 nitrogen and oxygen atoms in total. The zero-order chi connectivity index (χ0) is 15.2. The Morgan fingerprint density at radius 1 is 1.14 bits per heavy atom. The molecule has 1 aliphatic heterocycles. The van der Waals surface area contributed by atoms with Crippen LogP contribution in [0.5, 0.6) is 0 Å². The van der Waals surface area contributed by atoms with Gasteiger partial charge in [0, 0.05) is 12.6 Å². The third kappa shape index (κ3) is 4.59. The molecule has 1 aliphatic carbocycles. The van der Waals surface area contributed by atoms with Crippen molar-refractivity contribution in [1.29, 1.82) is 0 Å². The molecule has 0 bridgehead atoms. The molecule has 3 N–H and O–H groups in total. The van der Waals surface area contributed by atoms with Crippen molar-refractivity contribution in [2.45, 2.75) is 70.1 Å². The first kappa shape index (κ1) is 16.1. The van der Waals surface area contributed by atoms with E-state index < -0.39 is 11.9 Å². The van der Waals surface area contributed by atoms with Crippen LogP contribution in [0.1, 0.15) is 51.9 Å². The van der Waals surface area contributed by atoms with E-state index in [-0.39, 0.29) is 24.2 Å². The highest BCUT2D eigenvalue weighted by Crippen LogP contribution is 2.24. The largest absolute Gasteiger partial charge is 0.481 e. The molecule has 2 aliphatic rings. The molecule has 120 valence electrons. The van der Waals surface area contributed by atoms with E-state index in [9.17, 15) is 14.7 Å². The Morgan fingerprint density at radius 3 is 2.57 bits per heavy atom. The van der Waals surface area contributed by atoms with Crippen LogP contribution in [0, 0.1) is 5.92 Å². The van der Waals surface area contributed by atoms with Crippen LogP contribution in [0.15, 0.2) is 0 Å². The summed E-state index contributed by atoms with van der Waals surface area (Å²) in [4.78, 5) is 23.4. The van der Waals surface area contributed by atoms with Crippen LogP contribution in [0.3, 0.4) is 0 Å². The lowest BCUT2D eigenvalue weighted by molar-refractivity contribution is -0.142. The summed E-state index contributed by atoms with van der Waals surface area (Å²) in [5.41, 5.74) is 0. The zero-order valence-corrected chi connectivity index (χ0v) is 12.6. The van der Waals surface area contributed by atoms with Crippen molar-refractivity contribution in [2.75, 3.05) is 6.61 Å². The van der Waals surface area contributed by atoms with E-state index in [1.54, 1.807) is 0 Å². The Balaban J connectivity index is 1.85. The number of ether oxygens (including phenoxy) is 1. The van der Waals surface area contributed by atoms with Gasteiger partial charge in [0.2, 0.25) is 0 Å². The Kier molecular flexibility index (Phi) is 5.85. The minimum atomic E-state index is -0.811. The topological polar surface area (TPSA) is 87.7 Å². The number of amides is 2. The maximum Gasteiger partial charge on any atom is 0.315 e. The molecule has 2 amide bonds. The third-order valence-corrected chi connectivity index (χ3v) is 4.53. The van der Waals surface area contributed by atoms with Gasteiger partial charge in [0.05, 0.1) is 18.1 Å². The van der Waals surface area contributed by atoms with Crippen molar-refractivity contribution in [3.8, 4) is 0 Å². The number of rotatable bonds is 4. The SMILES string of the molecule is CC(NC(=O)NC1CCCCCC1C(=O)O)C1CCCO1. The lowest BCUT2D eigenvalue weighted by Gasteiger charge is -2.25. The number of urea groups is 1. The first-order chi connectivity index (χ1) is 10.1. The molecule has 2 rings (SSSR count). The van der Waals surface area contributed by atoms with E-state index in [2.05, 4.69) is 10.6 Å². The predicted octanol–water partition coefficient (Wildman–Crippen LogP) is 1.89. The lowest BCUT2D eigenvalue weighted by atomic mass is 9.95. The summed E-state index contributed by atoms with van der Waals surface area (Å²) in [5, 5.41) is 15.0. The summed E-state index contributed by atoms with van der Waals surface area (Å²) in [6, 6.07) is -0.612. The van der Waals surface area contributed by atoms with Gasteiger partial charge in [-0.2, -0.15) is 0 Å². The Hall–Kier alpha value is -1.30. The van der Waals surface area contributed by atoms with Crippen LogP contribution in [0.25, 0.3) is 0 Å². The van der Waals surface area contributed by atoms with Crippen LogP contribution in [-0.4, -0.2) is 41.9 Å². The summed E-state index contributed by atoms with van der Waals surface area (Å²) in [6.07, 6.45) is 6.36. The monoisotopic (exact) mass is 298 g/mol. The standard InChI is InChI=1S/C15H26N2O4/c1-10(13-8-5-9-21-13)16-15(20)17-12-7-4-2-3-6-11(12)14(18)19/h10-13H,2-9H2,1H3,(H,18,19)(H2,16,17,20). The Labute approximate surface area is 125 Å². The molecule has 21 heavy (non-hydrogen) atoms. The molecule has 0 aromatic carbocycles. The fourth-order valence-electron chi connectivity index (χ4n) is 3.28. The van der Waals surface area contributed by atoms with Crippen LogP contribution >= 0.6 is 0 Å². The Morgan fingerprint density at radius 2 is 1.90 bits per heavy atom. The molecular weight excluding hydrogens is 272 g/mol. The number of aliphatic carboxylic acids is 1. The molecule has 4 unspecified atom stereocenters. The van der Waals surface area contributed by atoms with E-state index in [1.165, 1.54) is 0 Å². The maximum absolute atomic E-state index is 12.1. The van der Waals surface area contributed by atoms with E-state index in [0.29, 0.717) is 6.42 Å². The van der Waals surface area contributed by atoms with Crippen molar-refractivity contribution in [3.63, 3.8) is 0 Å². The van der Waals surface area contributed by atoms with E-state index in [4.69, 9.17) is 4.74 Å². The third-order valence-electron chi connectivity index (χ3n) is 4.53. The molecule has 0 radical (unpaired) electrons. The normalized spacial score (nSPS) is 31.2. The quantitative estimate of drug-likeness (QED) is 0.692. The number of hydrogen-bond donors (Lipinski definition) is 3. The van der Waals surface area contributed by atoms with Gasteiger partial charge in [0.15, 0.2) is 0 Å². The van der Waals surface area contributed by atoms with Crippen molar-refractivity contribution in [1.82, 2.24) is 10.6 Å². The molecular formula is C15H26N2O4. The molecule has 0 aromatic heterocycles. The van der Waals surface area contributed by atoms with Crippen LogP contribution < -0.4 is 10.6 Å². The molecule has 0 spiro atoms. The highest BCUT2D eigenvalue weighted by atomic mass is 16.5. The van der Waals surface area contributed by atoms with E-state index in [0.717, 1.165) is 45.1 Å². The minimum absolute atomic E-state index is 0.0541. The van der Waals surface area contributed by atoms with Gasteiger partial charge in [-0.1, -0.05) is 19.3 Å². The van der Waals surface area contributed by atoms with E-state index >= 15 is 0 Å². The van der Waals surface area contributed by atoms with Crippen molar-refractivity contribution in [2.24, 2.45) is 5.92 Å². The number of carboxylic acids is 1. The average Bonchev–Trinajstić information content (AvgIpc) is 2.86. The molecule has 4 atom stereocenters. The second-order valence-corrected chi connectivity index (χ2v) is 6.15. The predicted molar refractivity (Wildman–Crippen MR) is 78.1 cm³/mol. The van der Waals surface area contributed by atoms with E-state index in [1.807, 2.05) is 6.92 Å². The van der Waals surface area contributed by atoms with Crippen molar-refractivity contribution >= 4 is 12.0 Å². The molecule has 2 fully saturated rings. The van der Waals surface area contributed by atoms with Gasteiger partial charge in [0.25, 0.3) is 0 Å². The van der Waals surface area contributed by atoms with Crippen LogP contribution in [0.2, 0.25) is 0 Å². The molecule has 1 saturated carbocycles. The highest BCUT2D eigenvalue weighted by Gasteiger charge is 2.31. The van der Waals surface area contributed by atoms with Crippen LogP contribution in [-0.2, 0) is 9.53 Å². The second kappa shape index (κ2) is 7.64. The summed E-state index contributed by atoms with van der Waals surface area (Å²) < 4.78 is 5.55. The van der Waals surface area contributed by atoms with Gasteiger partial charge in [-0.25, -0.2) is 4.79 Å². The first-order valence-corrected chi connectivity index (χ1v) is 7.99. The number of hydrogen-bond acceptors (Lipinski definition) is 3. The van der Waals surface area contributed by atoms with Crippen molar-refractivity contribution in [3.05, 3.63) is 0 Å².